The Kier molecular flexibility index (Phi) is 3.99. The Hall–Kier alpha value is -0.530. The molecule has 2 rings (SSSR count). The monoisotopic (exact) mass is 266 g/mol. The van der Waals surface area contributed by atoms with Gasteiger partial charge in [0.15, 0.2) is 0 Å². The van der Waals surface area contributed by atoms with Gasteiger partial charge in [0.2, 0.25) is 0 Å². The number of rotatable bonds is 3. The SMILES string of the molecule is CCC(C)(C)C(=O)OC1(C)CCC2(CCCC2)CC1. The van der Waals surface area contributed by atoms with E-state index in [9.17, 15) is 4.79 Å². The van der Waals surface area contributed by atoms with Crippen LogP contribution in [-0.4, -0.2) is 11.6 Å². The molecule has 0 unspecified atom stereocenters. The van der Waals surface area contributed by atoms with Crippen molar-refractivity contribution in [2.75, 3.05) is 0 Å². The minimum atomic E-state index is -0.342. The van der Waals surface area contributed by atoms with E-state index in [0.717, 1.165) is 19.3 Å². The molecular weight excluding hydrogens is 236 g/mol. The average Bonchev–Trinajstić information content (AvgIpc) is 2.82. The van der Waals surface area contributed by atoms with Gasteiger partial charge in [-0.2, -0.15) is 0 Å². The third-order valence-electron chi connectivity index (χ3n) is 5.81. The summed E-state index contributed by atoms with van der Waals surface area (Å²) >= 11 is 0. The van der Waals surface area contributed by atoms with E-state index in [1.54, 1.807) is 0 Å². The van der Waals surface area contributed by atoms with Crippen LogP contribution in [0.4, 0.5) is 0 Å². The van der Waals surface area contributed by atoms with Crippen molar-refractivity contribution in [1.29, 1.82) is 0 Å². The molecule has 2 aliphatic rings. The van der Waals surface area contributed by atoms with Gasteiger partial charge in [-0.05, 0) is 71.1 Å². The molecule has 0 amide bonds. The van der Waals surface area contributed by atoms with E-state index in [2.05, 4.69) is 13.8 Å². The topological polar surface area (TPSA) is 26.3 Å². The fourth-order valence-corrected chi connectivity index (χ4v) is 3.54. The second-order valence-corrected chi connectivity index (χ2v) is 7.78. The lowest BCUT2D eigenvalue weighted by Gasteiger charge is -2.43. The highest BCUT2D eigenvalue weighted by Gasteiger charge is 2.44. The molecule has 0 aliphatic heterocycles. The lowest BCUT2D eigenvalue weighted by Crippen LogP contribution is -2.42. The molecule has 2 saturated carbocycles. The zero-order valence-corrected chi connectivity index (χ0v) is 13.2. The third kappa shape index (κ3) is 3.14. The van der Waals surface area contributed by atoms with Crippen LogP contribution in [0.2, 0.25) is 0 Å². The summed E-state index contributed by atoms with van der Waals surface area (Å²) in [6, 6.07) is 0. The number of carbonyl (C=O) groups is 1. The predicted octanol–water partition coefficient (Wildman–Crippen LogP) is 4.86. The fourth-order valence-electron chi connectivity index (χ4n) is 3.54. The second kappa shape index (κ2) is 5.10. The molecule has 0 bridgehead atoms. The third-order valence-corrected chi connectivity index (χ3v) is 5.81. The largest absolute Gasteiger partial charge is 0.459 e. The molecule has 19 heavy (non-hydrogen) atoms. The Bertz CT molecular complexity index is 327. The van der Waals surface area contributed by atoms with Crippen LogP contribution in [0.25, 0.3) is 0 Å². The molecule has 2 aliphatic carbocycles. The fraction of sp³-hybridized carbons (Fsp3) is 0.941. The summed E-state index contributed by atoms with van der Waals surface area (Å²) in [4.78, 5) is 12.3. The van der Waals surface area contributed by atoms with E-state index < -0.39 is 0 Å². The second-order valence-electron chi connectivity index (χ2n) is 7.78. The summed E-state index contributed by atoms with van der Waals surface area (Å²) < 4.78 is 5.90. The lowest BCUT2D eigenvalue weighted by atomic mass is 9.68. The summed E-state index contributed by atoms with van der Waals surface area (Å²) in [6.45, 7) is 8.16. The molecule has 1 spiro atoms. The van der Waals surface area contributed by atoms with Gasteiger partial charge in [-0.25, -0.2) is 0 Å². The van der Waals surface area contributed by atoms with Crippen molar-refractivity contribution in [3.8, 4) is 0 Å². The zero-order valence-electron chi connectivity index (χ0n) is 13.2. The molecule has 2 heteroatoms. The number of ether oxygens (including phenoxy) is 1. The van der Waals surface area contributed by atoms with Crippen molar-refractivity contribution in [3.05, 3.63) is 0 Å². The van der Waals surface area contributed by atoms with Crippen LogP contribution in [0.1, 0.15) is 85.5 Å². The maximum atomic E-state index is 12.3. The quantitative estimate of drug-likeness (QED) is 0.682. The molecule has 110 valence electrons. The molecular formula is C17H30O2. The summed E-state index contributed by atoms with van der Waals surface area (Å²) in [7, 11) is 0. The zero-order chi connectivity index (χ0) is 14.1. The van der Waals surface area contributed by atoms with Crippen LogP contribution in [0.3, 0.4) is 0 Å². The lowest BCUT2D eigenvalue weighted by molar-refractivity contribution is -0.174. The molecule has 0 aromatic carbocycles. The highest BCUT2D eigenvalue weighted by atomic mass is 16.6. The number of hydrogen-bond acceptors (Lipinski definition) is 2. The first kappa shape index (κ1) is 14.9. The Morgan fingerprint density at radius 2 is 1.58 bits per heavy atom. The first-order chi connectivity index (χ1) is 8.81. The van der Waals surface area contributed by atoms with Gasteiger partial charge in [-0.1, -0.05) is 19.8 Å². The van der Waals surface area contributed by atoms with E-state index in [4.69, 9.17) is 4.74 Å². The van der Waals surface area contributed by atoms with Crippen molar-refractivity contribution in [1.82, 2.24) is 0 Å². The average molecular weight is 266 g/mol. The van der Waals surface area contributed by atoms with Gasteiger partial charge in [0.1, 0.15) is 5.60 Å². The van der Waals surface area contributed by atoms with E-state index in [1.807, 2.05) is 13.8 Å². The molecule has 0 atom stereocenters. The van der Waals surface area contributed by atoms with Gasteiger partial charge < -0.3 is 4.74 Å². The number of hydrogen-bond donors (Lipinski definition) is 0. The van der Waals surface area contributed by atoms with E-state index in [0.29, 0.717) is 5.41 Å². The molecule has 0 aromatic rings. The smallest absolute Gasteiger partial charge is 0.312 e. The van der Waals surface area contributed by atoms with Crippen LogP contribution in [-0.2, 0) is 9.53 Å². The van der Waals surface area contributed by atoms with Crippen LogP contribution in [0.5, 0.6) is 0 Å². The van der Waals surface area contributed by atoms with E-state index >= 15 is 0 Å². The van der Waals surface area contributed by atoms with E-state index in [1.165, 1.54) is 38.5 Å². The first-order valence-corrected chi connectivity index (χ1v) is 8.04. The van der Waals surface area contributed by atoms with Gasteiger partial charge in [0, 0.05) is 0 Å². The molecule has 0 saturated heterocycles. The molecule has 0 radical (unpaired) electrons. The Labute approximate surface area is 118 Å². The molecule has 2 nitrogen and oxygen atoms in total. The van der Waals surface area contributed by atoms with Gasteiger partial charge in [0.05, 0.1) is 5.41 Å². The molecule has 0 N–H and O–H groups in total. The van der Waals surface area contributed by atoms with Crippen molar-refractivity contribution in [2.45, 2.75) is 91.1 Å². The van der Waals surface area contributed by atoms with Gasteiger partial charge in [0.25, 0.3) is 0 Å². The maximum absolute atomic E-state index is 12.3. The molecule has 0 aromatic heterocycles. The van der Waals surface area contributed by atoms with Crippen LogP contribution < -0.4 is 0 Å². The summed E-state index contributed by atoms with van der Waals surface area (Å²) in [5.74, 6) is -0.0140. The van der Waals surface area contributed by atoms with E-state index in [-0.39, 0.29) is 17.0 Å². The Morgan fingerprint density at radius 3 is 2.05 bits per heavy atom. The summed E-state index contributed by atoms with van der Waals surface area (Å²) in [5, 5.41) is 0. The van der Waals surface area contributed by atoms with Crippen molar-refractivity contribution >= 4 is 5.97 Å². The van der Waals surface area contributed by atoms with Crippen molar-refractivity contribution < 1.29 is 9.53 Å². The predicted molar refractivity (Wildman–Crippen MR) is 77.9 cm³/mol. The minimum absolute atomic E-state index is 0.0140. The summed E-state index contributed by atoms with van der Waals surface area (Å²) in [6.07, 6.45) is 11.1. The normalized spacial score (nSPS) is 25.5. The Balaban J connectivity index is 1.93. The molecule has 0 heterocycles. The number of carbonyl (C=O) groups excluding carboxylic acids is 1. The van der Waals surface area contributed by atoms with Gasteiger partial charge in [-0.15, -0.1) is 0 Å². The van der Waals surface area contributed by atoms with Crippen molar-refractivity contribution in [2.24, 2.45) is 10.8 Å². The van der Waals surface area contributed by atoms with Crippen LogP contribution in [0.15, 0.2) is 0 Å². The maximum Gasteiger partial charge on any atom is 0.312 e. The van der Waals surface area contributed by atoms with Gasteiger partial charge >= 0.3 is 5.97 Å². The standard InChI is InChI=1S/C17H30O2/c1-5-15(2,3)14(18)19-16(4)10-12-17(13-11-16)8-6-7-9-17/h5-13H2,1-4H3. The minimum Gasteiger partial charge on any atom is -0.459 e. The highest BCUT2D eigenvalue weighted by molar-refractivity contribution is 5.76. The highest BCUT2D eigenvalue weighted by Crippen LogP contribution is 2.52. The van der Waals surface area contributed by atoms with Gasteiger partial charge in [-0.3, -0.25) is 4.79 Å². The summed E-state index contributed by atoms with van der Waals surface area (Å²) in [5.41, 5.74) is 0.0507. The number of esters is 1. The van der Waals surface area contributed by atoms with Crippen LogP contribution >= 0.6 is 0 Å². The van der Waals surface area contributed by atoms with Crippen LogP contribution in [0, 0.1) is 10.8 Å². The first-order valence-electron chi connectivity index (χ1n) is 8.04. The van der Waals surface area contributed by atoms with Crippen molar-refractivity contribution in [3.63, 3.8) is 0 Å². The Morgan fingerprint density at radius 1 is 1.05 bits per heavy atom. The molecule has 2 fully saturated rings.